The summed E-state index contributed by atoms with van der Waals surface area (Å²) in [6.07, 6.45) is -0.159. The quantitative estimate of drug-likeness (QED) is 0.888. The Balaban J connectivity index is 1.54. The molecule has 0 spiro atoms. The van der Waals surface area contributed by atoms with E-state index in [2.05, 4.69) is 10.6 Å². The van der Waals surface area contributed by atoms with Gasteiger partial charge in [-0.05, 0) is 34.5 Å². The molecule has 0 bridgehead atoms. The number of rotatable bonds is 5. The number of ether oxygens (including phenoxy) is 3. The fourth-order valence-corrected chi connectivity index (χ4v) is 2.83. The van der Waals surface area contributed by atoms with Gasteiger partial charge in [0.25, 0.3) is 0 Å². The van der Waals surface area contributed by atoms with Crippen molar-refractivity contribution in [1.82, 2.24) is 5.32 Å². The summed E-state index contributed by atoms with van der Waals surface area (Å²) in [6.45, 7) is 0.602. The average Bonchev–Trinajstić information content (AvgIpc) is 3.18. The maximum absolute atomic E-state index is 12.0. The van der Waals surface area contributed by atoms with Crippen molar-refractivity contribution >= 4 is 23.1 Å². The van der Waals surface area contributed by atoms with Crippen molar-refractivity contribution in [3.05, 3.63) is 40.6 Å². The number of carbonyl (C=O) groups excluding carboxylic acids is 1. The SMILES string of the molecule is COC(CNC(=O)Nc1ccc2c(c1)OCO2)c1ccsc1. The molecule has 7 heteroatoms. The first-order chi connectivity index (χ1) is 10.8. The zero-order chi connectivity index (χ0) is 15.4. The summed E-state index contributed by atoms with van der Waals surface area (Å²) >= 11 is 1.60. The molecule has 3 rings (SSSR count). The first kappa shape index (κ1) is 14.7. The van der Waals surface area contributed by atoms with Crippen LogP contribution in [0.15, 0.2) is 35.0 Å². The molecule has 0 aliphatic carbocycles. The molecule has 1 aromatic heterocycles. The third kappa shape index (κ3) is 3.32. The van der Waals surface area contributed by atoms with Gasteiger partial charge in [-0.3, -0.25) is 0 Å². The van der Waals surface area contributed by atoms with Crippen LogP contribution in [0.1, 0.15) is 11.7 Å². The number of amides is 2. The van der Waals surface area contributed by atoms with Gasteiger partial charge in [0.1, 0.15) is 6.10 Å². The Bertz CT molecular complexity index is 645. The van der Waals surface area contributed by atoms with E-state index in [1.54, 1.807) is 36.6 Å². The summed E-state index contributed by atoms with van der Waals surface area (Å²) in [5.74, 6) is 1.31. The lowest BCUT2D eigenvalue weighted by atomic mass is 10.2. The van der Waals surface area contributed by atoms with Gasteiger partial charge in [0.05, 0.1) is 0 Å². The van der Waals surface area contributed by atoms with Crippen LogP contribution in [-0.4, -0.2) is 26.5 Å². The maximum atomic E-state index is 12.0. The number of fused-ring (bicyclic) bond motifs is 1. The van der Waals surface area contributed by atoms with Crippen LogP contribution in [0.25, 0.3) is 0 Å². The van der Waals surface area contributed by atoms with E-state index in [-0.39, 0.29) is 18.9 Å². The number of methoxy groups -OCH3 is 1. The standard InChI is InChI=1S/C15H16N2O4S/c1-19-14(10-4-5-22-8-10)7-16-15(18)17-11-2-3-12-13(6-11)21-9-20-12/h2-6,8,14H,7,9H2,1H3,(H2,16,17,18). The molecule has 1 aromatic carbocycles. The van der Waals surface area contributed by atoms with Gasteiger partial charge in [-0.1, -0.05) is 0 Å². The molecule has 2 N–H and O–H groups in total. The van der Waals surface area contributed by atoms with Crippen molar-refractivity contribution in [2.24, 2.45) is 0 Å². The van der Waals surface area contributed by atoms with Crippen LogP contribution < -0.4 is 20.1 Å². The molecule has 2 amide bonds. The number of hydrogen-bond donors (Lipinski definition) is 2. The fraction of sp³-hybridized carbons (Fsp3) is 0.267. The van der Waals surface area contributed by atoms with Crippen molar-refractivity contribution in [3.8, 4) is 11.5 Å². The van der Waals surface area contributed by atoms with E-state index in [0.717, 1.165) is 5.56 Å². The van der Waals surface area contributed by atoms with Gasteiger partial charge in [-0.15, -0.1) is 0 Å². The Hall–Kier alpha value is -2.25. The highest BCUT2D eigenvalue weighted by atomic mass is 32.1. The second kappa shape index (κ2) is 6.67. The molecule has 2 heterocycles. The van der Waals surface area contributed by atoms with E-state index in [1.807, 2.05) is 16.8 Å². The highest BCUT2D eigenvalue weighted by Crippen LogP contribution is 2.34. The van der Waals surface area contributed by atoms with E-state index in [0.29, 0.717) is 23.7 Å². The number of carbonyl (C=O) groups is 1. The molecule has 1 unspecified atom stereocenters. The first-order valence-corrected chi connectivity index (χ1v) is 7.70. The molecule has 2 aromatic rings. The second-order valence-electron chi connectivity index (χ2n) is 4.68. The van der Waals surface area contributed by atoms with Gasteiger partial charge in [0.2, 0.25) is 6.79 Å². The van der Waals surface area contributed by atoms with Crippen LogP contribution in [-0.2, 0) is 4.74 Å². The zero-order valence-corrected chi connectivity index (χ0v) is 12.8. The molecule has 6 nitrogen and oxygen atoms in total. The smallest absolute Gasteiger partial charge is 0.319 e. The van der Waals surface area contributed by atoms with E-state index >= 15 is 0 Å². The van der Waals surface area contributed by atoms with Crippen molar-refractivity contribution in [1.29, 1.82) is 0 Å². The predicted octanol–water partition coefficient (Wildman–Crippen LogP) is 2.99. The van der Waals surface area contributed by atoms with Gasteiger partial charge in [0.15, 0.2) is 11.5 Å². The molecular weight excluding hydrogens is 304 g/mol. The second-order valence-corrected chi connectivity index (χ2v) is 5.46. The minimum Gasteiger partial charge on any atom is -0.454 e. The average molecular weight is 320 g/mol. The number of urea groups is 1. The Morgan fingerprint density at radius 2 is 2.23 bits per heavy atom. The Morgan fingerprint density at radius 1 is 1.36 bits per heavy atom. The minimum absolute atomic E-state index is 0.159. The number of thiophene rings is 1. The van der Waals surface area contributed by atoms with Crippen LogP contribution in [0.4, 0.5) is 10.5 Å². The number of hydrogen-bond acceptors (Lipinski definition) is 5. The molecule has 1 aliphatic heterocycles. The van der Waals surface area contributed by atoms with Crippen LogP contribution in [0.2, 0.25) is 0 Å². The molecule has 0 radical (unpaired) electrons. The summed E-state index contributed by atoms with van der Waals surface area (Å²) in [7, 11) is 1.62. The van der Waals surface area contributed by atoms with E-state index in [4.69, 9.17) is 14.2 Å². The maximum Gasteiger partial charge on any atom is 0.319 e. The van der Waals surface area contributed by atoms with Crippen molar-refractivity contribution in [2.75, 3.05) is 25.8 Å². The van der Waals surface area contributed by atoms with Gasteiger partial charge >= 0.3 is 6.03 Å². The third-order valence-corrected chi connectivity index (χ3v) is 3.98. The van der Waals surface area contributed by atoms with Crippen LogP contribution >= 0.6 is 11.3 Å². The zero-order valence-electron chi connectivity index (χ0n) is 12.0. The molecule has 116 valence electrons. The largest absolute Gasteiger partial charge is 0.454 e. The minimum atomic E-state index is -0.295. The monoisotopic (exact) mass is 320 g/mol. The summed E-state index contributed by atoms with van der Waals surface area (Å²) in [6, 6.07) is 6.95. The van der Waals surface area contributed by atoms with Crippen molar-refractivity contribution in [3.63, 3.8) is 0 Å². The molecular formula is C15H16N2O4S. The Labute approximate surface area is 132 Å². The molecule has 0 saturated carbocycles. The fourth-order valence-electron chi connectivity index (χ4n) is 2.13. The molecule has 1 aliphatic rings. The van der Waals surface area contributed by atoms with Crippen LogP contribution in [0, 0.1) is 0 Å². The lowest BCUT2D eigenvalue weighted by Gasteiger charge is -2.15. The topological polar surface area (TPSA) is 68.8 Å². The molecule has 1 atom stereocenters. The van der Waals surface area contributed by atoms with Gasteiger partial charge < -0.3 is 24.8 Å². The van der Waals surface area contributed by atoms with E-state index < -0.39 is 0 Å². The van der Waals surface area contributed by atoms with Gasteiger partial charge in [-0.25, -0.2) is 4.79 Å². The lowest BCUT2D eigenvalue weighted by Crippen LogP contribution is -2.32. The lowest BCUT2D eigenvalue weighted by molar-refractivity contribution is 0.105. The number of nitrogens with one attached hydrogen (secondary N) is 2. The van der Waals surface area contributed by atoms with Gasteiger partial charge in [-0.2, -0.15) is 11.3 Å². The van der Waals surface area contributed by atoms with Crippen LogP contribution in [0.3, 0.4) is 0 Å². The Kier molecular flexibility index (Phi) is 4.45. The predicted molar refractivity (Wildman–Crippen MR) is 83.7 cm³/mol. The normalized spacial score (nSPS) is 13.7. The van der Waals surface area contributed by atoms with E-state index in [1.165, 1.54) is 0 Å². The molecule has 0 fully saturated rings. The molecule has 22 heavy (non-hydrogen) atoms. The number of benzene rings is 1. The van der Waals surface area contributed by atoms with Crippen LogP contribution in [0.5, 0.6) is 11.5 Å². The summed E-state index contributed by atoms with van der Waals surface area (Å²) in [4.78, 5) is 12.0. The first-order valence-electron chi connectivity index (χ1n) is 6.75. The highest BCUT2D eigenvalue weighted by Gasteiger charge is 2.15. The van der Waals surface area contributed by atoms with Crippen molar-refractivity contribution in [2.45, 2.75) is 6.10 Å². The third-order valence-electron chi connectivity index (χ3n) is 3.28. The summed E-state index contributed by atoms with van der Waals surface area (Å²) in [5.41, 5.74) is 1.70. The highest BCUT2D eigenvalue weighted by molar-refractivity contribution is 7.07. The van der Waals surface area contributed by atoms with Crippen molar-refractivity contribution < 1.29 is 19.0 Å². The summed E-state index contributed by atoms with van der Waals surface area (Å²) < 4.78 is 15.9. The van der Waals surface area contributed by atoms with E-state index in [9.17, 15) is 4.79 Å². The Morgan fingerprint density at radius 3 is 3.00 bits per heavy atom. The molecule has 0 saturated heterocycles. The number of anilines is 1. The summed E-state index contributed by atoms with van der Waals surface area (Å²) in [5, 5.41) is 9.54. The van der Waals surface area contributed by atoms with Gasteiger partial charge in [0, 0.05) is 25.4 Å².